The molecule has 11 heteroatoms. The first-order chi connectivity index (χ1) is 14.2. The highest BCUT2D eigenvalue weighted by Gasteiger charge is 2.37. The second-order valence-corrected chi connectivity index (χ2v) is 7.22. The Balaban J connectivity index is 1.93. The summed E-state index contributed by atoms with van der Waals surface area (Å²) in [6.45, 7) is -0.359. The molecule has 1 aliphatic heterocycles. The van der Waals surface area contributed by atoms with E-state index in [-0.39, 0.29) is 38.7 Å². The Labute approximate surface area is 185 Å². The van der Waals surface area contributed by atoms with Crippen LogP contribution in [0.4, 0.5) is 10.5 Å². The molecule has 0 atom stereocenters. The van der Waals surface area contributed by atoms with Crippen LogP contribution in [-0.4, -0.2) is 30.4 Å². The van der Waals surface area contributed by atoms with Crippen LogP contribution in [0.3, 0.4) is 0 Å². The van der Waals surface area contributed by atoms with Crippen LogP contribution in [0.5, 0.6) is 5.75 Å². The number of hydrogen-bond donors (Lipinski definition) is 2. The predicted molar refractivity (Wildman–Crippen MR) is 112 cm³/mol. The number of nitrogens with zero attached hydrogens (tertiary/aromatic N) is 1. The topological polar surface area (TPSA) is 119 Å². The van der Waals surface area contributed by atoms with Gasteiger partial charge in [-0.2, -0.15) is 0 Å². The van der Waals surface area contributed by atoms with Crippen molar-refractivity contribution < 1.29 is 23.9 Å². The van der Waals surface area contributed by atoms with Crippen molar-refractivity contribution in [3.8, 4) is 5.75 Å². The molecule has 3 rings (SSSR count). The van der Waals surface area contributed by atoms with Crippen LogP contribution in [0, 0.1) is 0 Å². The van der Waals surface area contributed by atoms with Crippen molar-refractivity contribution in [2.45, 2.75) is 0 Å². The standard InChI is InChI=1S/C19H12Cl3N3O5/c20-12-3-2-10(7-13(12)21)25-18(28)11(17(27)24-19(25)29)5-9-1-4-15(14(22)6-9)30-8-16(23)26/h1-7H,8H2,(H2,23,26)(H,24,27,29). The van der Waals surface area contributed by atoms with Gasteiger partial charge in [-0.05, 0) is 42.0 Å². The summed E-state index contributed by atoms with van der Waals surface area (Å²) in [5, 5.41) is 2.60. The molecule has 0 spiro atoms. The first-order valence-corrected chi connectivity index (χ1v) is 9.38. The molecule has 5 amide bonds. The fourth-order valence-electron chi connectivity index (χ4n) is 2.56. The first kappa shape index (κ1) is 21.6. The molecule has 0 bridgehead atoms. The number of amides is 5. The molecule has 1 fully saturated rings. The van der Waals surface area contributed by atoms with Gasteiger partial charge in [0.25, 0.3) is 17.7 Å². The molecule has 1 heterocycles. The molecule has 30 heavy (non-hydrogen) atoms. The van der Waals surface area contributed by atoms with Crippen molar-refractivity contribution >= 4 is 70.3 Å². The molecular formula is C19H12Cl3N3O5. The number of barbiturate groups is 1. The quantitative estimate of drug-likeness (QED) is 0.516. The lowest BCUT2D eigenvalue weighted by atomic mass is 10.1. The number of anilines is 1. The molecule has 0 aliphatic carbocycles. The van der Waals surface area contributed by atoms with Crippen molar-refractivity contribution in [1.82, 2.24) is 5.32 Å². The number of carbonyl (C=O) groups is 4. The third kappa shape index (κ3) is 4.56. The number of rotatable bonds is 5. The van der Waals surface area contributed by atoms with Crippen molar-refractivity contribution in [3.63, 3.8) is 0 Å². The largest absolute Gasteiger partial charge is 0.482 e. The second kappa shape index (κ2) is 8.74. The maximum absolute atomic E-state index is 12.9. The molecule has 0 aromatic heterocycles. The van der Waals surface area contributed by atoms with E-state index in [4.69, 9.17) is 45.3 Å². The average molecular weight is 469 g/mol. The number of imide groups is 2. The number of urea groups is 1. The van der Waals surface area contributed by atoms with Crippen LogP contribution in [0.1, 0.15) is 5.56 Å². The number of nitrogens with one attached hydrogen (secondary N) is 1. The maximum atomic E-state index is 12.9. The lowest BCUT2D eigenvalue weighted by Gasteiger charge is -2.26. The lowest BCUT2D eigenvalue weighted by molar-refractivity contribution is -0.123. The molecule has 0 unspecified atom stereocenters. The van der Waals surface area contributed by atoms with E-state index in [2.05, 4.69) is 5.32 Å². The average Bonchev–Trinajstić information content (AvgIpc) is 2.67. The van der Waals surface area contributed by atoms with Gasteiger partial charge in [-0.25, -0.2) is 9.69 Å². The normalized spacial score (nSPS) is 15.4. The van der Waals surface area contributed by atoms with Gasteiger partial charge in [0.15, 0.2) is 6.61 Å². The SMILES string of the molecule is NC(=O)COc1ccc(C=C2C(=O)NC(=O)N(c3ccc(Cl)c(Cl)c3)C2=O)cc1Cl. The van der Waals surface area contributed by atoms with Gasteiger partial charge in [0.05, 0.1) is 20.8 Å². The highest BCUT2D eigenvalue weighted by atomic mass is 35.5. The van der Waals surface area contributed by atoms with E-state index in [1.165, 1.54) is 42.5 Å². The van der Waals surface area contributed by atoms with E-state index in [1.54, 1.807) is 0 Å². The monoisotopic (exact) mass is 467 g/mol. The number of nitrogens with two attached hydrogens (primary N) is 1. The van der Waals surface area contributed by atoms with Crippen LogP contribution in [0.2, 0.25) is 15.1 Å². The van der Waals surface area contributed by atoms with E-state index in [1.807, 2.05) is 0 Å². The van der Waals surface area contributed by atoms with Crippen LogP contribution >= 0.6 is 34.8 Å². The van der Waals surface area contributed by atoms with Gasteiger partial charge in [-0.15, -0.1) is 0 Å². The van der Waals surface area contributed by atoms with Gasteiger partial charge in [0, 0.05) is 0 Å². The van der Waals surface area contributed by atoms with Crippen LogP contribution in [-0.2, 0) is 14.4 Å². The summed E-state index contributed by atoms with van der Waals surface area (Å²) in [5.41, 5.74) is 5.24. The van der Waals surface area contributed by atoms with Crippen molar-refractivity contribution in [3.05, 3.63) is 62.6 Å². The van der Waals surface area contributed by atoms with E-state index >= 15 is 0 Å². The second-order valence-electron chi connectivity index (χ2n) is 6.00. The van der Waals surface area contributed by atoms with Crippen molar-refractivity contribution in [1.29, 1.82) is 0 Å². The Hall–Kier alpha value is -3.07. The smallest absolute Gasteiger partial charge is 0.335 e. The summed E-state index contributed by atoms with van der Waals surface area (Å²) in [6, 6.07) is 7.63. The highest BCUT2D eigenvalue weighted by Crippen LogP contribution is 2.30. The van der Waals surface area contributed by atoms with E-state index < -0.39 is 23.8 Å². The van der Waals surface area contributed by atoms with Gasteiger partial charge in [-0.1, -0.05) is 40.9 Å². The van der Waals surface area contributed by atoms with Crippen LogP contribution < -0.4 is 20.7 Å². The minimum atomic E-state index is -0.922. The zero-order valence-corrected chi connectivity index (χ0v) is 17.2. The lowest BCUT2D eigenvalue weighted by Crippen LogP contribution is -2.54. The van der Waals surface area contributed by atoms with Gasteiger partial charge in [0.2, 0.25) is 0 Å². The Morgan fingerprint density at radius 1 is 1.03 bits per heavy atom. The number of hydrogen-bond acceptors (Lipinski definition) is 5. The maximum Gasteiger partial charge on any atom is 0.335 e. The Bertz CT molecular complexity index is 1120. The zero-order chi connectivity index (χ0) is 22.0. The van der Waals surface area contributed by atoms with E-state index in [0.717, 1.165) is 4.90 Å². The van der Waals surface area contributed by atoms with Crippen molar-refractivity contribution in [2.75, 3.05) is 11.5 Å². The Kier molecular flexibility index (Phi) is 6.31. The van der Waals surface area contributed by atoms with Gasteiger partial charge in [0.1, 0.15) is 11.3 Å². The number of carbonyl (C=O) groups excluding carboxylic acids is 4. The summed E-state index contributed by atoms with van der Waals surface area (Å²) in [5.74, 6) is -2.20. The van der Waals surface area contributed by atoms with E-state index in [0.29, 0.717) is 5.56 Å². The van der Waals surface area contributed by atoms with E-state index in [9.17, 15) is 19.2 Å². The Morgan fingerprint density at radius 2 is 1.77 bits per heavy atom. The number of primary amides is 1. The number of ether oxygens (including phenoxy) is 1. The minimum absolute atomic E-state index is 0.131. The third-order valence-electron chi connectivity index (χ3n) is 3.90. The third-order valence-corrected chi connectivity index (χ3v) is 4.93. The molecule has 0 radical (unpaired) electrons. The summed E-state index contributed by atoms with van der Waals surface area (Å²) in [6.07, 6.45) is 1.26. The fourth-order valence-corrected chi connectivity index (χ4v) is 3.09. The van der Waals surface area contributed by atoms with Gasteiger partial charge < -0.3 is 10.5 Å². The Morgan fingerprint density at radius 3 is 2.40 bits per heavy atom. The summed E-state index contributed by atoms with van der Waals surface area (Å²) < 4.78 is 5.15. The molecular weight excluding hydrogens is 457 g/mol. The predicted octanol–water partition coefficient (Wildman–Crippen LogP) is 3.18. The van der Waals surface area contributed by atoms with Crippen LogP contribution in [0.15, 0.2) is 42.0 Å². The summed E-state index contributed by atoms with van der Waals surface area (Å²) >= 11 is 17.9. The minimum Gasteiger partial charge on any atom is -0.482 e. The first-order valence-electron chi connectivity index (χ1n) is 8.24. The fraction of sp³-hybridized carbons (Fsp3) is 0.0526. The summed E-state index contributed by atoms with van der Waals surface area (Å²) in [4.78, 5) is 48.9. The molecule has 0 saturated carbocycles. The molecule has 8 nitrogen and oxygen atoms in total. The highest BCUT2D eigenvalue weighted by molar-refractivity contribution is 6.43. The molecule has 1 saturated heterocycles. The van der Waals surface area contributed by atoms with Gasteiger partial charge >= 0.3 is 6.03 Å². The van der Waals surface area contributed by atoms with Gasteiger partial charge in [-0.3, -0.25) is 19.7 Å². The summed E-state index contributed by atoms with van der Waals surface area (Å²) in [7, 11) is 0. The zero-order valence-electron chi connectivity index (χ0n) is 14.9. The molecule has 2 aromatic rings. The number of benzene rings is 2. The van der Waals surface area contributed by atoms with Crippen molar-refractivity contribution in [2.24, 2.45) is 5.73 Å². The molecule has 154 valence electrons. The van der Waals surface area contributed by atoms with Crippen LogP contribution in [0.25, 0.3) is 6.08 Å². The number of halogens is 3. The molecule has 3 N–H and O–H groups in total. The molecule has 1 aliphatic rings. The molecule has 2 aromatic carbocycles.